The Balaban J connectivity index is 1.71. The van der Waals surface area contributed by atoms with Crippen LogP contribution in [0.3, 0.4) is 0 Å². The van der Waals surface area contributed by atoms with Gasteiger partial charge in [-0.3, -0.25) is 9.80 Å². The van der Waals surface area contributed by atoms with E-state index in [0.29, 0.717) is 26.1 Å². The van der Waals surface area contributed by atoms with E-state index in [4.69, 9.17) is 14.2 Å². The number of rotatable bonds is 4. The zero-order chi connectivity index (χ0) is 19.8. The summed E-state index contributed by atoms with van der Waals surface area (Å²) < 4.78 is 16.3. The monoisotopic (exact) mass is 378 g/mol. The molecule has 2 saturated heterocycles. The smallest absolute Gasteiger partial charge is 0.410 e. The average molecular weight is 378 g/mol. The van der Waals surface area contributed by atoms with Gasteiger partial charge >= 0.3 is 6.09 Å². The van der Waals surface area contributed by atoms with E-state index in [1.165, 1.54) is 0 Å². The van der Waals surface area contributed by atoms with Gasteiger partial charge in [-0.1, -0.05) is 6.07 Å². The zero-order valence-electron chi connectivity index (χ0n) is 16.8. The van der Waals surface area contributed by atoms with Gasteiger partial charge in [0.25, 0.3) is 0 Å². The fourth-order valence-electron chi connectivity index (χ4n) is 3.97. The second-order valence-corrected chi connectivity index (χ2v) is 8.28. The zero-order valence-corrected chi connectivity index (χ0v) is 16.8. The third-order valence-electron chi connectivity index (χ3n) is 5.12. The molecule has 1 N–H and O–H groups in total. The highest BCUT2D eigenvalue weighted by Gasteiger charge is 2.49. The number of hydrogen-bond acceptors (Lipinski definition) is 6. The van der Waals surface area contributed by atoms with Gasteiger partial charge in [0.05, 0.1) is 32.4 Å². The summed E-state index contributed by atoms with van der Waals surface area (Å²) in [5.74, 6) is 1.53. The third-order valence-corrected chi connectivity index (χ3v) is 5.12. The Morgan fingerprint density at radius 1 is 1.22 bits per heavy atom. The van der Waals surface area contributed by atoms with E-state index in [-0.39, 0.29) is 18.2 Å². The lowest BCUT2D eigenvalue weighted by molar-refractivity contribution is -0.0144. The minimum Gasteiger partial charge on any atom is -0.497 e. The van der Waals surface area contributed by atoms with Crippen LogP contribution in [0, 0.1) is 0 Å². The van der Waals surface area contributed by atoms with Gasteiger partial charge in [0.15, 0.2) is 0 Å². The lowest BCUT2D eigenvalue weighted by atomic mass is 10.1. The van der Waals surface area contributed by atoms with Crippen LogP contribution >= 0.6 is 0 Å². The Bertz CT molecular complexity index is 687. The predicted molar refractivity (Wildman–Crippen MR) is 101 cm³/mol. The highest BCUT2D eigenvalue weighted by atomic mass is 16.6. The molecule has 1 aromatic carbocycles. The number of fused-ring (bicyclic) bond motifs is 2. The Morgan fingerprint density at radius 2 is 1.96 bits per heavy atom. The first-order valence-corrected chi connectivity index (χ1v) is 9.34. The standard InChI is InChI=1S/C20H30N2O5/c1-20(2,3)27-19(24)22-14-8-17(23)16(22)12-21(11-14)10-13-6-7-15(25-4)9-18(13)26-5/h6-7,9,14,16-17,23H,8,10-12H2,1-5H3/t14-,16-,17-/m0/s1. The molecule has 0 spiro atoms. The molecular weight excluding hydrogens is 348 g/mol. The van der Waals surface area contributed by atoms with Crippen molar-refractivity contribution < 1.29 is 24.1 Å². The Hall–Kier alpha value is -1.99. The molecule has 0 unspecified atom stereocenters. The van der Waals surface area contributed by atoms with Crippen molar-refractivity contribution in [2.45, 2.75) is 57.5 Å². The number of piperazine rings is 1. The summed E-state index contributed by atoms with van der Waals surface area (Å²) in [4.78, 5) is 16.6. The first kappa shape index (κ1) is 19.8. The van der Waals surface area contributed by atoms with Gasteiger partial charge in [-0.25, -0.2) is 4.79 Å². The Kier molecular flexibility index (Phi) is 5.53. The van der Waals surface area contributed by atoms with E-state index in [1.807, 2.05) is 39.0 Å². The van der Waals surface area contributed by atoms with Crippen molar-refractivity contribution in [2.75, 3.05) is 27.3 Å². The summed E-state index contributed by atoms with van der Waals surface area (Å²) >= 11 is 0. The SMILES string of the molecule is COc1ccc(CN2C[C@@H]3C[C@H](O)[C@H](C2)N3C(=O)OC(C)(C)C)c(OC)c1. The van der Waals surface area contributed by atoms with Crippen LogP contribution in [0.15, 0.2) is 18.2 Å². The van der Waals surface area contributed by atoms with Crippen LogP contribution in [0.25, 0.3) is 0 Å². The van der Waals surface area contributed by atoms with E-state index in [0.717, 1.165) is 17.1 Å². The highest BCUT2D eigenvalue weighted by Crippen LogP contribution is 2.34. The summed E-state index contributed by atoms with van der Waals surface area (Å²) in [5, 5.41) is 10.5. The van der Waals surface area contributed by atoms with Gasteiger partial charge in [0.1, 0.15) is 17.1 Å². The topological polar surface area (TPSA) is 71.5 Å². The Labute approximate surface area is 160 Å². The van der Waals surface area contributed by atoms with Crippen LogP contribution in [0.5, 0.6) is 11.5 Å². The number of ether oxygens (including phenoxy) is 3. The maximum Gasteiger partial charge on any atom is 0.410 e. The van der Waals surface area contributed by atoms with Crippen molar-refractivity contribution in [3.63, 3.8) is 0 Å². The van der Waals surface area contributed by atoms with Gasteiger partial charge < -0.3 is 19.3 Å². The van der Waals surface area contributed by atoms with E-state index in [2.05, 4.69) is 4.90 Å². The van der Waals surface area contributed by atoms with Crippen LogP contribution in [0.2, 0.25) is 0 Å². The molecule has 2 aliphatic heterocycles. The number of aliphatic hydroxyl groups excluding tert-OH is 1. The molecule has 2 bridgehead atoms. The number of amides is 1. The molecule has 1 aromatic rings. The molecule has 0 aliphatic carbocycles. The number of nitrogens with zero attached hydrogens (tertiary/aromatic N) is 2. The maximum absolute atomic E-state index is 12.6. The number of carbonyl (C=O) groups is 1. The molecule has 3 atom stereocenters. The first-order chi connectivity index (χ1) is 12.7. The van der Waals surface area contributed by atoms with E-state index < -0.39 is 11.7 Å². The minimum atomic E-state index is -0.547. The van der Waals surface area contributed by atoms with Gasteiger partial charge in [0.2, 0.25) is 0 Å². The molecule has 150 valence electrons. The highest BCUT2D eigenvalue weighted by molar-refractivity contribution is 5.70. The molecule has 0 radical (unpaired) electrons. The summed E-state index contributed by atoms with van der Waals surface area (Å²) in [6.07, 6.45) is -0.277. The number of hydrogen-bond donors (Lipinski definition) is 1. The molecule has 2 heterocycles. The Morgan fingerprint density at radius 3 is 2.56 bits per heavy atom. The summed E-state index contributed by atoms with van der Waals surface area (Å²) in [5.41, 5.74) is 0.507. The van der Waals surface area contributed by atoms with Crippen LogP contribution in [0.4, 0.5) is 4.79 Å². The number of carbonyl (C=O) groups excluding carboxylic acids is 1. The van der Waals surface area contributed by atoms with Gasteiger partial charge in [-0.15, -0.1) is 0 Å². The second kappa shape index (κ2) is 7.56. The molecule has 3 rings (SSSR count). The number of methoxy groups -OCH3 is 2. The molecule has 7 heteroatoms. The predicted octanol–water partition coefficient (Wildman–Crippen LogP) is 2.26. The van der Waals surface area contributed by atoms with Crippen molar-refractivity contribution in [1.82, 2.24) is 9.80 Å². The lowest BCUT2D eigenvalue weighted by Crippen LogP contribution is -2.57. The van der Waals surface area contributed by atoms with Crippen LogP contribution in [-0.2, 0) is 11.3 Å². The molecule has 27 heavy (non-hydrogen) atoms. The molecule has 0 saturated carbocycles. The van der Waals surface area contributed by atoms with Gasteiger partial charge in [-0.2, -0.15) is 0 Å². The summed E-state index contributed by atoms with van der Waals surface area (Å²) in [6.45, 7) is 7.56. The summed E-state index contributed by atoms with van der Waals surface area (Å²) in [6, 6.07) is 5.49. The molecule has 0 aromatic heterocycles. The second-order valence-electron chi connectivity index (χ2n) is 8.28. The molecule has 2 fully saturated rings. The lowest BCUT2D eigenvalue weighted by Gasteiger charge is -2.41. The van der Waals surface area contributed by atoms with Gasteiger partial charge in [-0.05, 0) is 33.3 Å². The maximum atomic E-state index is 12.6. The fourth-order valence-corrected chi connectivity index (χ4v) is 3.97. The largest absolute Gasteiger partial charge is 0.497 e. The number of benzene rings is 1. The first-order valence-electron chi connectivity index (χ1n) is 9.34. The van der Waals surface area contributed by atoms with E-state index in [1.54, 1.807) is 19.1 Å². The molecule has 7 nitrogen and oxygen atoms in total. The van der Waals surface area contributed by atoms with Crippen molar-refractivity contribution >= 4 is 6.09 Å². The average Bonchev–Trinajstić information content (AvgIpc) is 2.80. The fraction of sp³-hybridized carbons (Fsp3) is 0.650. The van der Waals surface area contributed by atoms with Crippen LogP contribution in [-0.4, -0.2) is 72.1 Å². The number of likely N-dealkylation sites (tertiary alicyclic amines) is 1. The molecule has 2 aliphatic rings. The normalized spacial score (nSPS) is 25.4. The van der Waals surface area contributed by atoms with E-state index in [9.17, 15) is 9.90 Å². The van der Waals surface area contributed by atoms with Gasteiger partial charge in [0, 0.05) is 31.3 Å². The quantitative estimate of drug-likeness (QED) is 0.867. The molecule has 1 amide bonds. The number of aliphatic hydroxyl groups is 1. The van der Waals surface area contributed by atoms with Crippen LogP contribution in [0.1, 0.15) is 32.8 Å². The summed E-state index contributed by atoms with van der Waals surface area (Å²) in [7, 11) is 3.27. The molecular formula is C20H30N2O5. The van der Waals surface area contributed by atoms with Crippen molar-refractivity contribution in [3.8, 4) is 11.5 Å². The van der Waals surface area contributed by atoms with Crippen molar-refractivity contribution in [2.24, 2.45) is 0 Å². The van der Waals surface area contributed by atoms with E-state index >= 15 is 0 Å². The third kappa shape index (κ3) is 4.30. The van der Waals surface area contributed by atoms with Crippen LogP contribution < -0.4 is 9.47 Å². The van der Waals surface area contributed by atoms with Crippen molar-refractivity contribution in [3.05, 3.63) is 23.8 Å². The minimum absolute atomic E-state index is 0.0437. The van der Waals surface area contributed by atoms with Crippen molar-refractivity contribution in [1.29, 1.82) is 0 Å².